The average Bonchev–Trinajstić information content (AvgIpc) is 3.25. The van der Waals surface area contributed by atoms with Gasteiger partial charge < -0.3 is 10.2 Å². The van der Waals surface area contributed by atoms with Crippen LogP contribution in [0.1, 0.15) is 60.2 Å². The lowest BCUT2D eigenvalue weighted by Gasteiger charge is -2.12. The van der Waals surface area contributed by atoms with Crippen LogP contribution >= 0.6 is 11.3 Å². The van der Waals surface area contributed by atoms with Gasteiger partial charge >= 0.3 is 0 Å². The Hall–Kier alpha value is -2.02. The first-order chi connectivity index (χ1) is 12.0. The van der Waals surface area contributed by atoms with Gasteiger partial charge in [0.2, 0.25) is 0 Å². The molecule has 1 fully saturated rings. The Bertz CT molecular complexity index is 737. The summed E-state index contributed by atoms with van der Waals surface area (Å²) in [6, 6.07) is 0. The van der Waals surface area contributed by atoms with Crippen LogP contribution < -0.4 is 10.2 Å². The number of aromatic nitrogens is 3. The molecule has 7 heteroatoms. The van der Waals surface area contributed by atoms with Crippen molar-refractivity contribution in [2.45, 2.75) is 46.0 Å². The van der Waals surface area contributed by atoms with Gasteiger partial charge in [-0.05, 0) is 25.7 Å². The number of hydrogen-bond acceptors (Lipinski definition) is 6. The molecule has 0 bridgehead atoms. The van der Waals surface area contributed by atoms with Crippen LogP contribution in [0.15, 0.2) is 11.6 Å². The second kappa shape index (κ2) is 7.91. The van der Waals surface area contributed by atoms with E-state index in [0.29, 0.717) is 17.9 Å². The van der Waals surface area contributed by atoms with Crippen LogP contribution in [0.4, 0.5) is 5.13 Å². The van der Waals surface area contributed by atoms with Gasteiger partial charge in [0.25, 0.3) is 5.91 Å². The standard InChI is InChI=1S/C18H25N5OS/c1-12(2)16-15(10-20-13(3)21-16)17(24)19-7-6-14-11-25-18(22-14)23-8-4-5-9-23/h10-12H,4-9H2,1-3H3,(H,19,24). The average molecular weight is 359 g/mol. The van der Waals surface area contributed by atoms with E-state index < -0.39 is 0 Å². The first-order valence-electron chi connectivity index (χ1n) is 8.85. The van der Waals surface area contributed by atoms with Crippen molar-refractivity contribution in [3.05, 3.63) is 34.4 Å². The summed E-state index contributed by atoms with van der Waals surface area (Å²) >= 11 is 1.69. The summed E-state index contributed by atoms with van der Waals surface area (Å²) in [4.78, 5) is 28.1. The van der Waals surface area contributed by atoms with Gasteiger partial charge in [-0.1, -0.05) is 13.8 Å². The molecule has 1 amide bonds. The summed E-state index contributed by atoms with van der Waals surface area (Å²) in [7, 11) is 0. The Labute approximate surface area is 152 Å². The normalized spacial score (nSPS) is 14.3. The lowest BCUT2D eigenvalue weighted by atomic mass is 10.0. The van der Waals surface area contributed by atoms with Crippen LogP contribution in [-0.4, -0.2) is 40.5 Å². The van der Waals surface area contributed by atoms with E-state index in [0.717, 1.165) is 36.0 Å². The van der Waals surface area contributed by atoms with Crippen molar-refractivity contribution < 1.29 is 4.79 Å². The van der Waals surface area contributed by atoms with E-state index in [2.05, 4.69) is 30.5 Å². The molecule has 0 saturated carbocycles. The number of carbonyl (C=O) groups is 1. The largest absolute Gasteiger partial charge is 0.352 e. The molecule has 1 aliphatic heterocycles. The fourth-order valence-corrected chi connectivity index (χ4v) is 3.88. The zero-order valence-corrected chi connectivity index (χ0v) is 15.9. The van der Waals surface area contributed by atoms with E-state index in [-0.39, 0.29) is 11.8 Å². The number of amides is 1. The number of thiazole rings is 1. The molecule has 2 aromatic rings. The van der Waals surface area contributed by atoms with Gasteiger partial charge in [0.1, 0.15) is 5.82 Å². The fourth-order valence-electron chi connectivity index (χ4n) is 2.97. The number of nitrogens with one attached hydrogen (secondary N) is 1. The molecule has 0 atom stereocenters. The third-order valence-electron chi connectivity index (χ3n) is 4.31. The number of nitrogens with zero attached hydrogens (tertiary/aromatic N) is 4. The second-order valence-corrected chi connectivity index (χ2v) is 7.53. The summed E-state index contributed by atoms with van der Waals surface area (Å²) < 4.78 is 0. The van der Waals surface area contributed by atoms with Gasteiger partial charge in [-0.3, -0.25) is 4.79 Å². The third-order valence-corrected chi connectivity index (χ3v) is 5.26. The predicted octanol–water partition coefficient (Wildman–Crippen LogP) is 2.94. The molecular weight excluding hydrogens is 334 g/mol. The molecule has 6 nitrogen and oxygen atoms in total. The molecule has 0 aromatic carbocycles. The zero-order chi connectivity index (χ0) is 17.8. The quantitative estimate of drug-likeness (QED) is 0.859. The molecule has 0 unspecified atom stereocenters. The lowest BCUT2D eigenvalue weighted by Crippen LogP contribution is -2.27. The third kappa shape index (κ3) is 4.34. The maximum Gasteiger partial charge on any atom is 0.254 e. The van der Waals surface area contributed by atoms with E-state index in [4.69, 9.17) is 0 Å². The van der Waals surface area contributed by atoms with Crippen molar-refractivity contribution in [2.24, 2.45) is 0 Å². The SMILES string of the molecule is Cc1ncc(C(=O)NCCc2csc(N3CCCC3)n2)c(C(C)C)n1. The van der Waals surface area contributed by atoms with Crippen molar-refractivity contribution in [3.63, 3.8) is 0 Å². The summed E-state index contributed by atoms with van der Waals surface area (Å²) in [5, 5.41) is 6.17. The van der Waals surface area contributed by atoms with Gasteiger partial charge in [-0.25, -0.2) is 15.0 Å². The van der Waals surface area contributed by atoms with Gasteiger partial charge in [0, 0.05) is 37.6 Å². The fraction of sp³-hybridized carbons (Fsp3) is 0.556. The molecule has 1 saturated heterocycles. The molecule has 0 aliphatic carbocycles. The number of hydrogen-bond donors (Lipinski definition) is 1. The van der Waals surface area contributed by atoms with Crippen molar-refractivity contribution in [1.82, 2.24) is 20.3 Å². The molecular formula is C18H25N5OS. The van der Waals surface area contributed by atoms with Gasteiger partial charge in [-0.15, -0.1) is 11.3 Å². The number of aryl methyl sites for hydroxylation is 1. The number of anilines is 1. The zero-order valence-electron chi connectivity index (χ0n) is 15.1. The first kappa shape index (κ1) is 17.8. The van der Waals surface area contributed by atoms with E-state index in [1.165, 1.54) is 12.8 Å². The summed E-state index contributed by atoms with van der Waals surface area (Å²) in [6.45, 7) is 8.69. The van der Waals surface area contributed by atoms with Crippen LogP contribution in [0.5, 0.6) is 0 Å². The van der Waals surface area contributed by atoms with E-state index in [1.54, 1.807) is 17.5 Å². The number of carbonyl (C=O) groups excluding carboxylic acids is 1. The highest BCUT2D eigenvalue weighted by Crippen LogP contribution is 2.24. The smallest absolute Gasteiger partial charge is 0.254 e. The second-order valence-electron chi connectivity index (χ2n) is 6.69. The van der Waals surface area contributed by atoms with Crippen molar-refractivity contribution >= 4 is 22.4 Å². The molecule has 3 heterocycles. The van der Waals surface area contributed by atoms with E-state index >= 15 is 0 Å². The molecule has 0 radical (unpaired) electrons. The number of rotatable bonds is 6. The minimum atomic E-state index is -0.112. The van der Waals surface area contributed by atoms with Crippen molar-refractivity contribution in [1.29, 1.82) is 0 Å². The minimum absolute atomic E-state index is 0.112. The summed E-state index contributed by atoms with van der Waals surface area (Å²) in [6.07, 6.45) is 4.87. The summed E-state index contributed by atoms with van der Waals surface area (Å²) in [5.41, 5.74) is 2.41. The Morgan fingerprint density at radius 3 is 2.80 bits per heavy atom. The van der Waals surface area contributed by atoms with Crippen LogP contribution in [-0.2, 0) is 6.42 Å². The molecule has 134 valence electrons. The van der Waals surface area contributed by atoms with Crippen LogP contribution in [0, 0.1) is 6.92 Å². The Morgan fingerprint density at radius 1 is 1.32 bits per heavy atom. The summed E-state index contributed by atoms with van der Waals surface area (Å²) in [5.74, 6) is 0.764. The maximum absolute atomic E-state index is 12.5. The van der Waals surface area contributed by atoms with Crippen molar-refractivity contribution in [2.75, 3.05) is 24.5 Å². The lowest BCUT2D eigenvalue weighted by molar-refractivity contribution is 0.0952. The van der Waals surface area contributed by atoms with Crippen LogP contribution in [0.3, 0.4) is 0 Å². The Kier molecular flexibility index (Phi) is 5.63. The Balaban J connectivity index is 1.56. The minimum Gasteiger partial charge on any atom is -0.352 e. The Morgan fingerprint density at radius 2 is 2.08 bits per heavy atom. The van der Waals surface area contributed by atoms with E-state index in [9.17, 15) is 4.79 Å². The maximum atomic E-state index is 12.5. The van der Waals surface area contributed by atoms with Gasteiger partial charge in [0.05, 0.1) is 17.0 Å². The topological polar surface area (TPSA) is 71.0 Å². The van der Waals surface area contributed by atoms with Gasteiger partial charge in [0.15, 0.2) is 5.13 Å². The molecule has 3 rings (SSSR count). The highest BCUT2D eigenvalue weighted by molar-refractivity contribution is 7.13. The monoisotopic (exact) mass is 359 g/mol. The van der Waals surface area contributed by atoms with Crippen LogP contribution in [0.2, 0.25) is 0 Å². The molecule has 2 aromatic heterocycles. The molecule has 1 aliphatic rings. The van der Waals surface area contributed by atoms with Crippen molar-refractivity contribution in [3.8, 4) is 0 Å². The molecule has 1 N–H and O–H groups in total. The molecule has 25 heavy (non-hydrogen) atoms. The van der Waals surface area contributed by atoms with Crippen LogP contribution in [0.25, 0.3) is 0 Å². The highest BCUT2D eigenvalue weighted by atomic mass is 32.1. The first-order valence-corrected chi connectivity index (χ1v) is 9.73. The molecule has 0 spiro atoms. The highest BCUT2D eigenvalue weighted by Gasteiger charge is 2.17. The van der Waals surface area contributed by atoms with E-state index in [1.807, 2.05) is 20.8 Å². The van der Waals surface area contributed by atoms with Gasteiger partial charge in [-0.2, -0.15) is 0 Å². The predicted molar refractivity (Wildman–Crippen MR) is 100 cm³/mol.